The lowest BCUT2D eigenvalue weighted by Gasteiger charge is -2.39. The number of carbonyl (C=O) groups is 2. The Morgan fingerprint density at radius 1 is 1.23 bits per heavy atom. The van der Waals surface area contributed by atoms with E-state index in [0.717, 1.165) is 5.56 Å². The van der Waals surface area contributed by atoms with Gasteiger partial charge >= 0.3 is 0 Å². The highest BCUT2D eigenvalue weighted by molar-refractivity contribution is 6.21. The number of fused-ring (bicyclic) bond motifs is 1. The number of hydrogen-bond acceptors (Lipinski definition) is 6. The van der Waals surface area contributed by atoms with Gasteiger partial charge in [0.05, 0.1) is 24.6 Å². The third-order valence-corrected chi connectivity index (χ3v) is 7.09. The summed E-state index contributed by atoms with van der Waals surface area (Å²) in [7, 11) is 1.58. The maximum Gasteiger partial charge on any atom is 0.295 e. The first-order chi connectivity index (χ1) is 14.9. The molecule has 1 aliphatic carbocycles. The second kappa shape index (κ2) is 7.41. The molecule has 2 aromatic rings. The fraction of sp³-hybridized carbons (Fsp3) is 0.435. The second-order valence-corrected chi connectivity index (χ2v) is 9.05. The van der Waals surface area contributed by atoms with E-state index in [-0.39, 0.29) is 40.8 Å². The Labute approximate surface area is 184 Å². The van der Waals surface area contributed by atoms with Crippen molar-refractivity contribution in [1.29, 1.82) is 0 Å². The summed E-state index contributed by atoms with van der Waals surface area (Å²) in [6, 6.07) is 8.33. The van der Waals surface area contributed by atoms with E-state index in [1.54, 1.807) is 20.1 Å². The summed E-state index contributed by atoms with van der Waals surface area (Å²) in [4.78, 5) is 28.7. The number of aromatic nitrogens is 1. The van der Waals surface area contributed by atoms with Gasteiger partial charge in [0.1, 0.15) is 17.6 Å². The molecule has 5 rings (SSSR count). The Bertz CT molecular complexity index is 1090. The zero-order valence-electron chi connectivity index (χ0n) is 17.5. The van der Waals surface area contributed by atoms with Gasteiger partial charge in [0.25, 0.3) is 5.91 Å². The maximum atomic E-state index is 13.7. The highest BCUT2D eigenvalue weighted by Gasteiger charge is 2.54. The van der Waals surface area contributed by atoms with Gasteiger partial charge in [0, 0.05) is 11.4 Å². The summed E-state index contributed by atoms with van der Waals surface area (Å²) in [6.45, 7) is 3.80. The minimum absolute atomic E-state index is 0.0762. The first kappa shape index (κ1) is 20.1. The van der Waals surface area contributed by atoms with E-state index in [0.29, 0.717) is 35.7 Å². The molecule has 1 aromatic carbocycles. The van der Waals surface area contributed by atoms with Gasteiger partial charge in [-0.1, -0.05) is 24.2 Å². The molecule has 5 atom stereocenters. The van der Waals surface area contributed by atoms with Crippen LogP contribution in [0.2, 0.25) is 0 Å². The molecule has 0 radical (unpaired) electrons. The van der Waals surface area contributed by atoms with Crippen LogP contribution in [0.4, 0.5) is 5.82 Å². The van der Waals surface area contributed by atoms with Crippen LogP contribution < -0.4 is 9.64 Å². The summed E-state index contributed by atoms with van der Waals surface area (Å²) in [5.74, 6) is 1.03. The molecule has 1 aromatic heterocycles. The Hall–Kier alpha value is -2.80. The van der Waals surface area contributed by atoms with E-state index < -0.39 is 6.04 Å². The predicted octanol–water partition coefficient (Wildman–Crippen LogP) is 3.96. The summed E-state index contributed by atoms with van der Waals surface area (Å²) >= 11 is 6.50. The molecule has 1 saturated carbocycles. The summed E-state index contributed by atoms with van der Waals surface area (Å²) < 4.78 is 16.8. The summed E-state index contributed by atoms with van der Waals surface area (Å²) in [5.41, 5.74) is 1.10. The monoisotopic (exact) mass is 442 g/mol. The van der Waals surface area contributed by atoms with Crippen molar-refractivity contribution >= 4 is 29.1 Å². The number of aryl methyl sites for hydroxylation is 1. The molecule has 2 aliphatic heterocycles. The van der Waals surface area contributed by atoms with Crippen molar-refractivity contribution in [2.45, 2.75) is 44.2 Å². The lowest BCUT2D eigenvalue weighted by Crippen LogP contribution is -2.44. The Morgan fingerprint density at radius 3 is 2.74 bits per heavy atom. The van der Waals surface area contributed by atoms with Crippen molar-refractivity contribution in [3.05, 3.63) is 53.0 Å². The van der Waals surface area contributed by atoms with Gasteiger partial charge in [-0.05, 0) is 43.4 Å². The number of methoxy groups -OCH3 is 1. The molecule has 8 heteroatoms. The minimum Gasteiger partial charge on any atom is -0.497 e. The SMILES string of the molecule is COc1cccc(C2C3=C(OC4CC(C)C(Cl)CC4C3=O)C(=O)N2c2cc(C)on2)c1. The standard InChI is InChI=1S/C23H23ClN2O5/c1-11-7-17-15(10-16(11)24)21(27)19-20(13-5-4-6-14(9-13)29-3)26(23(28)22(19)30-17)18-8-12(2)31-25-18/h4-6,8-9,11,15-17,20H,7,10H2,1-3H3. The molecule has 31 heavy (non-hydrogen) atoms. The smallest absolute Gasteiger partial charge is 0.295 e. The molecule has 1 fully saturated rings. The number of amides is 1. The molecule has 0 N–H and O–H groups in total. The van der Waals surface area contributed by atoms with Crippen LogP contribution in [-0.2, 0) is 14.3 Å². The van der Waals surface area contributed by atoms with Gasteiger partial charge in [-0.2, -0.15) is 0 Å². The first-order valence-corrected chi connectivity index (χ1v) is 10.8. The lowest BCUT2D eigenvalue weighted by atomic mass is 9.74. The molecule has 0 bridgehead atoms. The Balaban J connectivity index is 1.64. The zero-order valence-corrected chi connectivity index (χ0v) is 18.3. The molecule has 0 saturated heterocycles. The van der Waals surface area contributed by atoms with Crippen LogP contribution in [0, 0.1) is 18.8 Å². The number of nitrogens with zero attached hydrogens (tertiary/aromatic N) is 2. The van der Waals surface area contributed by atoms with Crippen molar-refractivity contribution < 1.29 is 23.6 Å². The fourth-order valence-corrected chi connectivity index (χ4v) is 5.14. The van der Waals surface area contributed by atoms with Crippen molar-refractivity contribution in [1.82, 2.24) is 5.16 Å². The van der Waals surface area contributed by atoms with E-state index in [1.807, 2.05) is 31.2 Å². The van der Waals surface area contributed by atoms with Gasteiger partial charge in [-0.15, -0.1) is 11.6 Å². The van der Waals surface area contributed by atoms with E-state index in [2.05, 4.69) is 5.16 Å². The normalized spacial score (nSPS) is 30.2. The van der Waals surface area contributed by atoms with E-state index in [9.17, 15) is 9.59 Å². The predicted molar refractivity (Wildman–Crippen MR) is 113 cm³/mol. The number of halogens is 1. The molecule has 7 nitrogen and oxygen atoms in total. The number of benzene rings is 1. The highest BCUT2D eigenvalue weighted by atomic mass is 35.5. The summed E-state index contributed by atoms with van der Waals surface area (Å²) in [6.07, 6.45) is 0.831. The van der Waals surface area contributed by atoms with Crippen molar-refractivity contribution in [3.8, 4) is 5.75 Å². The topological polar surface area (TPSA) is 81.9 Å². The third-order valence-electron chi connectivity index (χ3n) is 6.48. The average Bonchev–Trinajstić information content (AvgIpc) is 3.31. The number of alkyl halides is 1. The van der Waals surface area contributed by atoms with Crippen LogP contribution in [0.5, 0.6) is 5.75 Å². The number of rotatable bonds is 3. The van der Waals surface area contributed by atoms with Crippen LogP contribution in [0.15, 0.2) is 46.2 Å². The number of hydrogen-bond donors (Lipinski definition) is 0. The third kappa shape index (κ3) is 3.14. The van der Waals surface area contributed by atoms with Crippen LogP contribution in [0.3, 0.4) is 0 Å². The van der Waals surface area contributed by atoms with Crippen LogP contribution in [-0.4, -0.2) is 35.4 Å². The quantitative estimate of drug-likeness (QED) is 0.669. The number of ether oxygens (including phenoxy) is 2. The Morgan fingerprint density at radius 2 is 2.03 bits per heavy atom. The van der Waals surface area contributed by atoms with Gasteiger partial charge in [-0.25, -0.2) is 0 Å². The van der Waals surface area contributed by atoms with E-state index in [1.165, 1.54) is 4.90 Å². The number of Topliss-reactive ketones (excluding diaryl/α,β-unsaturated/α-hetero) is 1. The van der Waals surface area contributed by atoms with E-state index in [4.69, 9.17) is 25.6 Å². The van der Waals surface area contributed by atoms with Crippen molar-refractivity contribution in [2.75, 3.05) is 12.0 Å². The Kier molecular flexibility index (Phi) is 4.81. The molecule has 3 aliphatic rings. The van der Waals surface area contributed by atoms with Gasteiger partial charge in [0.2, 0.25) is 0 Å². The molecule has 1 amide bonds. The van der Waals surface area contributed by atoms with Crippen LogP contribution in [0.1, 0.15) is 37.1 Å². The van der Waals surface area contributed by atoms with Gasteiger partial charge < -0.3 is 14.0 Å². The van der Waals surface area contributed by atoms with E-state index >= 15 is 0 Å². The molecule has 3 heterocycles. The van der Waals surface area contributed by atoms with Crippen molar-refractivity contribution in [3.63, 3.8) is 0 Å². The largest absolute Gasteiger partial charge is 0.497 e. The molecular weight excluding hydrogens is 420 g/mol. The number of anilines is 1. The van der Waals surface area contributed by atoms with Gasteiger partial charge in [-0.3, -0.25) is 14.5 Å². The minimum atomic E-state index is -0.677. The number of carbonyl (C=O) groups excluding carboxylic acids is 2. The van der Waals surface area contributed by atoms with Crippen LogP contribution in [0.25, 0.3) is 0 Å². The molecular formula is C23H23ClN2O5. The second-order valence-electron chi connectivity index (χ2n) is 8.48. The molecule has 162 valence electrons. The number of ketones is 1. The lowest BCUT2D eigenvalue weighted by molar-refractivity contribution is -0.132. The fourth-order valence-electron chi connectivity index (χ4n) is 4.85. The van der Waals surface area contributed by atoms with Crippen molar-refractivity contribution in [2.24, 2.45) is 11.8 Å². The molecule has 5 unspecified atom stereocenters. The maximum absolute atomic E-state index is 13.7. The van der Waals surface area contributed by atoms with Gasteiger partial charge in [0.15, 0.2) is 17.4 Å². The summed E-state index contributed by atoms with van der Waals surface area (Å²) in [5, 5.41) is 3.95. The first-order valence-electron chi connectivity index (χ1n) is 10.4. The zero-order chi connectivity index (χ0) is 21.9. The molecule has 0 spiro atoms. The van der Waals surface area contributed by atoms with Crippen LogP contribution >= 0.6 is 11.6 Å². The average molecular weight is 443 g/mol. The highest BCUT2D eigenvalue weighted by Crippen LogP contribution is 2.49.